The molecule has 0 saturated carbocycles. The largest absolute Gasteiger partial charge is 0.456 e. The summed E-state index contributed by atoms with van der Waals surface area (Å²) in [4.78, 5) is 7.39. The van der Waals surface area contributed by atoms with Gasteiger partial charge >= 0.3 is 0 Å². The molecule has 0 aliphatic rings. The summed E-state index contributed by atoms with van der Waals surface area (Å²) >= 11 is 0. The normalized spacial score (nSPS) is 11.8. The first-order valence-electron chi connectivity index (χ1n) is 17.9. The number of benzene rings is 9. The second kappa shape index (κ2) is 11.7. The first-order valence-corrected chi connectivity index (χ1v) is 17.9. The number of furan rings is 1. The summed E-state index contributed by atoms with van der Waals surface area (Å²) < 4.78 is 13.1. The highest BCUT2D eigenvalue weighted by Gasteiger charge is 2.22. The van der Waals surface area contributed by atoms with Crippen molar-refractivity contribution < 1.29 is 8.83 Å². The molecule has 0 bridgehead atoms. The van der Waals surface area contributed by atoms with E-state index in [1.54, 1.807) is 0 Å². The van der Waals surface area contributed by atoms with Crippen LogP contribution in [0.25, 0.3) is 87.9 Å². The number of aromatic nitrogens is 1. The number of hydrogen-bond donors (Lipinski definition) is 0. The first kappa shape index (κ1) is 29.5. The van der Waals surface area contributed by atoms with E-state index >= 15 is 0 Å². The quantitative estimate of drug-likeness (QED) is 0.182. The van der Waals surface area contributed by atoms with Crippen LogP contribution in [0.5, 0.6) is 0 Å². The molecule has 11 rings (SSSR count). The SMILES string of the molecule is c1ccc(N(c2ccc3ccccc3c2)c2ccc3c(c2)oc2cccc(-c4nc5c(ccc6ccccc65)o4)c23)c(-c2cccc3ccccc23)c1. The fourth-order valence-corrected chi connectivity index (χ4v) is 8.01. The number of nitrogens with zero attached hydrogens (tertiary/aromatic N) is 2. The Hall–Kier alpha value is -7.17. The third-order valence-electron chi connectivity index (χ3n) is 10.5. The minimum absolute atomic E-state index is 0.579. The van der Waals surface area contributed by atoms with Crippen LogP contribution in [0.4, 0.5) is 17.1 Å². The van der Waals surface area contributed by atoms with Gasteiger partial charge < -0.3 is 13.7 Å². The minimum Gasteiger partial charge on any atom is -0.456 e. The molecule has 0 atom stereocenters. The molecule has 2 heterocycles. The van der Waals surface area contributed by atoms with Crippen molar-refractivity contribution in [1.29, 1.82) is 0 Å². The Kier molecular flexibility index (Phi) is 6.52. The number of hydrogen-bond acceptors (Lipinski definition) is 4. The van der Waals surface area contributed by atoms with Crippen molar-refractivity contribution in [2.75, 3.05) is 4.90 Å². The molecule has 0 aliphatic carbocycles. The average Bonchev–Trinajstić information content (AvgIpc) is 3.83. The van der Waals surface area contributed by atoms with Crippen LogP contribution in [0.2, 0.25) is 0 Å². The summed E-state index contributed by atoms with van der Waals surface area (Å²) in [7, 11) is 0. The van der Waals surface area contributed by atoms with E-state index in [0.717, 1.165) is 72.0 Å². The summed E-state index contributed by atoms with van der Waals surface area (Å²) in [6, 6.07) is 64.0. The van der Waals surface area contributed by atoms with E-state index in [-0.39, 0.29) is 0 Å². The summed E-state index contributed by atoms with van der Waals surface area (Å²) in [5.74, 6) is 0.579. The molecule has 0 unspecified atom stereocenters. The van der Waals surface area contributed by atoms with Crippen LogP contribution in [0.3, 0.4) is 0 Å². The van der Waals surface area contributed by atoms with Gasteiger partial charge in [0.2, 0.25) is 5.89 Å². The Morgan fingerprint density at radius 3 is 1.92 bits per heavy atom. The van der Waals surface area contributed by atoms with Gasteiger partial charge in [0.05, 0.1) is 5.69 Å². The van der Waals surface area contributed by atoms with E-state index < -0.39 is 0 Å². The lowest BCUT2D eigenvalue weighted by Crippen LogP contribution is -2.11. The maximum atomic E-state index is 6.67. The van der Waals surface area contributed by atoms with Crippen molar-refractivity contribution in [1.82, 2.24) is 4.98 Å². The average molecular weight is 679 g/mol. The molecule has 0 aliphatic heterocycles. The zero-order chi connectivity index (χ0) is 34.9. The van der Waals surface area contributed by atoms with E-state index in [4.69, 9.17) is 13.8 Å². The minimum atomic E-state index is 0.579. The summed E-state index contributed by atoms with van der Waals surface area (Å²) in [5.41, 5.74) is 9.58. The number of anilines is 3. The molecule has 53 heavy (non-hydrogen) atoms. The fourth-order valence-electron chi connectivity index (χ4n) is 8.01. The standard InChI is InChI=1S/C49H30N2O2/c1-2-14-34-29-35(25-23-31(34)11-1)51(43-21-8-7-18-40(43)39-19-9-15-32-12-3-5-16-37(32)39)36-26-27-41-46(30-36)52-44-22-10-20-42(47(41)44)49-50-48-38-17-6-4-13-33(38)24-28-45(48)53-49/h1-30H. The zero-order valence-corrected chi connectivity index (χ0v) is 28.5. The Morgan fingerprint density at radius 2 is 1.02 bits per heavy atom. The maximum Gasteiger partial charge on any atom is 0.228 e. The molecule has 0 saturated heterocycles. The van der Waals surface area contributed by atoms with Crippen LogP contribution < -0.4 is 4.90 Å². The van der Waals surface area contributed by atoms with E-state index in [1.165, 1.54) is 27.1 Å². The van der Waals surface area contributed by atoms with Crippen LogP contribution in [0.1, 0.15) is 0 Å². The molecule has 0 fully saturated rings. The predicted octanol–water partition coefficient (Wildman–Crippen LogP) is 14.0. The maximum absolute atomic E-state index is 6.67. The van der Waals surface area contributed by atoms with Crippen molar-refractivity contribution in [2.24, 2.45) is 0 Å². The highest BCUT2D eigenvalue weighted by atomic mass is 16.3. The molecule has 11 aromatic rings. The van der Waals surface area contributed by atoms with Gasteiger partial charge in [-0.15, -0.1) is 0 Å². The molecule has 0 radical (unpaired) electrons. The van der Waals surface area contributed by atoms with Crippen molar-refractivity contribution in [3.8, 4) is 22.6 Å². The Labute approximate surface area is 304 Å². The third-order valence-corrected chi connectivity index (χ3v) is 10.5. The third kappa shape index (κ3) is 4.73. The molecule has 4 heteroatoms. The van der Waals surface area contributed by atoms with Crippen molar-refractivity contribution in [3.05, 3.63) is 182 Å². The summed E-state index contributed by atoms with van der Waals surface area (Å²) in [6.07, 6.45) is 0. The molecule has 0 amide bonds. The molecule has 4 nitrogen and oxygen atoms in total. The van der Waals surface area contributed by atoms with Crippen molar-refractivity contribution >= 4 is 82.4 Å². The first-order chi connectivity index (χ1) is 26.3. The topological polar surface area (TPSA) is 42.4 Å². The molecule has 248 valence electrons. The lowest BCUT2D eigenvalue weighted by molar-refractivity contribution is 0.620. The van der Waals surface area contributed by atoms with Crippen LogP contribution in [-0.2, 0) is 0 Å². The van der Waals surface area contributed by atoms with Crippen LogP contribution in [-0.4, -0.2) is 4.98 Å². The second-order valence-electron chi connectivity index (χ2n) is 13.5. The van der Waals surface area contributed by atoms with Crippen LogP contribution in [0, 0.1) is 0 Å². The monoisotopic (exact) mass is 678 g/mol. The number of rotatable bonds is 5. The molecule has 9 aromatic carbocycles. The van der Waals surface area contributed by atoms with Crippen LogP contribution >= 0.6 is 0 Å². The number of oxazole rings is 1. The molecular formula is C49H30N2O2. The van der Waals surface area contributed by atoms with Gasteiger partial charge in [-0.1, -0.05) is 127 Å². The molecule has 0 spiro atoms. The van der Waals surface area contributed by atoms with Crippen LogP contribution in [0.15, 0.2) is 191 Å². The van der Waals surface area contributed by atoms with Gasteiger partial charge in [0.15, 0.2) is 5.58 Å². The predicted molar refractivity (Wildman–Crippen MR) is 219 cm³/mol. The van der Waals surface area contributed by atoms with E-state index in [9.17, 15) is 0 Å². The van der Waals surface area contributed by atoms with Gasteiger partial charge in [0.25, 0.3) is 0 Å². The van der Waals surface area contributed by atoms with E-state index in [2.05, 4.69) is 157 Å². The lowest BCUT2D eigenvalue weighted by atomic mass is 9.96. The highest BCUT2D eigenvalue weighted by Crippen LogP contribution is 2.45. The van der Waals surface area contributed by atoms with Crippen molar-refractivity contribution in [3.63, 3.8) is 0 Å². The summed E-state index contributed by atoms with van der Waals surface area (Å²) in [6.45, 7) is 0. The number of fused-ring (bicyclic) bond motifs is 8. The zero-order valence-electron chi connectivity index (χ0n) is 28.5. The van der Waals surface area contributed by atoms with Gasteiger partial charge in [0.1, 0.15) is 16.7 Å². The number of para-hydroxylation sites is 1. The highest BCUT2D eigenvalue weighted by molar-refractivity contribution is 6.13. The Morgan fingerprint density at radius 1 is 0.377 bits per heavy atom. The summed E-state index contributed by atoms with van der Waals surface area (Å²) in [5, 5.41) is 9.01. The second-order valence-corrected chi connectivity index (χ2v) is 13.5. The van der Waals surface area contributed by atoms with Crippen molar-refractivity contribution in [2.45, 2.75) is 0 Å². The molecule has 2 aromatic heterocycles. The van der Waals surface area contributed by atoms with Gasteiger partial charge in [-0.2, -0.15) is 0 Å². The smallest absolute Gasteiger partial charge is 0.228 e. The fraction of sp³-hybridized carbons (Fsp3) is 0. The van der Waals surface area contributed by atoms with Gasteiger partial charge in [-0.25, -0.2) is 4.98 Å². The Bertz CT molecular complexity index is 3200. The van der Waals surface area contributed by atoms with E-state index in [0.29, 0.717) is 5.89 Å². The van der Waals surface area contributed by atoms with Gasteiger partial charge in [-0.3, -0.25) is 0 Å². The lowest BCUT2D eigenvalue weighted by Gasteiger charge is -2.28. The van der Waals surface area contributed by atoms with E-state index in [1.807, 2.05) is 30.3 Å². The van der Waals surface area contributed by atoms with Gasteiger partial charge in [0, 0.05) is 44.7 Å². The molecule has 0 N–H and O–H groups in total. The Balaban J connectivity index is 1.12. The molecular weight excluding hydrogens is 649 g/mol. The van der Waals surface area contributed by atoms with Gasteiger partial charge in [-0.05, 0) is 81.0 Å².